The van der Waals surface area contributed by atoms with E-state index in [-0.39, 0.29) is 36.7 Å². The van der Waals surface area contributed by atoms with Gasteiger partial charge in [0.1, 0.15) is 11.6 Å². The summed E-state index contributed by atoms with van der Waals surface area (Å²) < 4.78 is 19.1. The van der Waals surface area contributed by atoms with E-state index in [2.05, 4.69) is 16.8 Å². The van der Waals surface area contributed by atoms with Crippen molar-refractivity contribution in [1.29, 1.82) is 0 Å². The number of nitrogens with one attached hydrogen (secondary N) is 1. The number of rotatable bonds is 4. The molecule has 6 heteroatoms. The van der Waals surface area contributed by atoms with E-state index in [9.17, 15) is 4.39 Å². The van der Waals surface area contributed by atoms with E-state index in [0.29, 0.717) is 11.3 Å². The van der Waals surface area contributed by atoms with Gasteiger partial charge in [-0.1, -0.05) is 6.08 Å². The largest absolute Gasteiger partial charge is 0.497 e. The van der Waals surface area contributed by atoms with Gasteiger partial charge in [-0.3, -0.25) is 4.90 Å². The molecule has 0 spiro atoms. The Labute approximate surface area is 132 Å². The van der Waals surface area contributed by atoms with Crippen molar-refractivity contribution in [3.63, 3.8) is 0 Å². The highest BCUT2D eigenvalue weighted by Gasteiger charge is 2.22. The summed E-state index contributed by atoms with van der Waals surface area (Å²) in [5.74, 6) is 0.465. The van der Waals surface area contributed by atoms with Gasteiger partial charge in [-0.2, -0.15) is 0 Å². The molecule has 0 aliphatic carbocycles. The monoisotopic (exact) mass is 322 g/mol. The Morgan fingerprint density at radius 2 is 2.00 bits per heavy atom. The number of ether oxygens (including phenoxy) is 1. The summed E-state index contributed by atoms with van der Waals surface area (Å²) in [4.78, 5) is 2.22. The Hall–Kier alpha value is -0.810. The second kappa shape index (κ2) is 9.19. The van der Waals surface area contributed by atoms with Crippen LogP contribution in [-0.4, -0.2) is 38.2 Å². The molecule has 0 bridgehead atoms. The van der Waals surface area contributed by atoms with E-state index >= 15 is 0 Å². The van der Waals surface area contributed by atoms with Gasteiger partial charge in [-0.05, 0) is 18.2 Å². The average Bonchev–Trinajstić information content (AvgIpc) is 2.43. The van der Waals surface area contributed by atoms with Crippen LogP contribution >= 0.6 is 24.8 Å². The van der Waals surface area contributed by atoms with Crippen LogP contribution in [0.15, 0.2) is 30.9 Å². The van der Waals surface area contributed by atoms with Crippen molar-refractivity contribution in [3.8, 4) is 5.75 Å². The highest BCUT2D eigenvalue weighted by Crippen LogP contribution is 2.28. The SMILES string of the molecule is C=C[C@@H](c1cc(OC)ccc1F)N1CCNCC1.Cl.Cl. The molecule has 1 fully saturated rings. The van der Waals surface area contributed by atoms with Gasteiger partial charge in [0, 0.05) is 31.7 Å². The molecule has 0 radical (unpaired) electrons. The minimum Gasteiger partial charge on any atom is -0.497 e. The minimum absolute atomic E-state index is 0. The van der Waals surface area contributed by atoms with Crippen LogP contribution in [0.5, 0.6) is 5.75 Å². The molecule has 1 aliphatic rings. The van der Waals surface area contributed by atoms with E-state index in [4.69, 9.17) is 4.74 Å². The van der Waals surface area contributed by atoms with E-state index in [1.165, 1.54) is 6.07 Å². The molecule has 2 rings (SSSR count). The predicted octanol–water partition coefficient (Wildman–Crippen LogP) is 2.81. The second-order valence-corrected chi connectivity index (χ2v) is 4.35. The van der Waals surface area contributed by atoms with Crippen LogP contribution in [0.4, 0.5) is 4.39 Å². The zero-order valence-corrected chi connectivity index (χ0v) is 13.1. The van der Waals surface area contributed by atoms with Crippen molar-refractivity contribution in [3.05, 3.63) is 42.2 Å². The van der Waals surface area contributed by atoms with Crippen molar-refractivity contribution in [2.75, 3.05) is 33.3 Å². The second-order valence-electron chi connectivity index (χ2n) is 4.35. The average molecular weight is 323 g/mol. The number of halogens is 3. The van der Waals surface area contributed by atoms with E-state index in [0.717, 1.165) is 26.2 Å². The zero-order valence-electron chi connectivity index (χ0n) is 11.5. The quantitative estimate of drug-likeness (QED) is 0.863. The van der Waals surface area contributed by atoms with Crippen LogP contribution < -0.4 is 10.1 Å². The fourth-order valence-corrected chi connectivity index (χ4v) is 2.31. The summed E-state index contributed by atoms with van der Waals surface area (Å²) in [7, 11) is 1.59. The molecular formula is C14H21Cl2FN2O. The Kier molecular flexibility index (Phi) is 8.81. The molecule has 1 saturated heterocycles. The molecular weight excluding hydrogens is 302 g/mol. The minimum atomic E-state index is -0.209. The fourth-order valence-electron chi connectivity index (χ4n) is 2.31. The summed E-state index contributed by atoms with van der Waals surface area (Å²) >= 11 is 0. The molecule has 0 saturated carbocycles. The molecule has 114 valence electrons. The lowest BCUT2D eigenvalue weighted by Gasteiger charge is -2.33. The molecule has 1 aromatic rings. The number of hydrogen-bond acceptors (Lipinski definition) is 3. The maximum Gasteiger partial charge on any atom is 0.128 e. The Bertz CT molecular complexity index is 426. The summed E-state index contributed by atoms with van der Waals surface area (Å²) in [6, 6.07) is 4.75. The fraction of sp³-hybridized carbons (Fsp3) is 0.429. The van der Waals surface area contributed by atoms with Crippen LogP contribution in [0.3, 0.4) is 0 Å². The van der Waals surface area contributed by atoms with Gasteiger partial charge in [0.25, 0.3) is 0 Å². The highest BCUT2D eigenvalue weighted by molar-refractivity contribution is 5.85. The maximum atomic E-state index is 14.0. The summed E-state index contributed by atoms with van der Waals surface area (Å²) in [5.41, 5.74) is 0.631. The highest BCUT2D eigenvalue weighted by atomic mass is 35.5. The standard InChI is InChI=1S/C14H19FN2O.2ClH/c1-3-14(17-8-6-16-7-9-17)12-10-11(18-2)4-5-13(12)15;;/h3-5,10,14,16H,1,6-9H2,2H3;2*1H/t14-;;/m0../s1. The third-order valence-electron chi connectivity index (χ3n) is 3.29. The van der Waals surface area contributed by atoms with Gasteiger partial charge < -0.3 is 10.1 Å². The lowest BCUT2D eigenvalue weighted by molar-refractivity contribution is 0.200. The van der Waals surface area contributed by atoms with Gasteiger partial charge in [-0.15, -0.1) is 31.4 Å². The lowest BCUT2D eigenvalue weighted by atomic mass is 10.0. The van der Waals surface area contributed by atoms with Crippen molar-refractivity contribution in [1.82, 2.24) is 10.2 Å². The van der Waals surface area contributed by atoms with E-state index in [1.807, 2.05) is 0 Å². The van der Waals surface area contributed by atoms with E-state index in [1.54, 1.807) is 25.3 Å². The molecule has 1 N–H and O–H groups in total. The first kappa shape index (κ1) is 19.2. The van der Waals surface area contributed by atoms with Gasteiger partial charge in [0.15, 0.2) is 0 Å². The Morgan fingerprint density at radius 3 is 2.55 bits per heavy atom. The number of benzene rings is 1. The first-order valence-corrected chi connectivity index (χ1v) is 6.17. The van der Waals surface area contributed by atoms with E-state index < -0.39 is 0 Å². The molecule has 1 aromatic carbocycles. The summed E-state index contributed by atoms with van der Waals surface area (Å²) in [6.45, 7) is 7.49. The molecule has 20 heavy (non-hydrogen) atoms. The maximum absolute atomic E-state index is 14.0. The van der Waals surface area contributed by atoms with Crippen LogP contribution in [-0.2, 0) is 0 Å². The van der Waals surface area contributed by atoms with Gasteiger partial charge in [-0.25, -0.2) is 4.39 Å². The predicted molar refractivity (Wildman–Crippen MR) is 84.8 cm³/mol. The van der Waals surface area contributed by atoms with Crippen LogP contribution in [0, 0.1) is 5.82 Å². The number of nitrogens with zero attached hydrogens (tertiary/aromatic N) is 1. The van der Waals surface area contributed by atoms with Crippen LogP contribution in [0.2, 0.25) is 0 Å². The van der Waals surface area contributed by atoms with Crippen LogP contribution in [0.25, 0.3) is 0 Å². The van der Waals surface area contributed by atoms with Crippen molar-refractivity contribution in [2.24, 2.45) is 0 Å². The third kappa shape index (κ3) is 4.35. The smallest absolute Gasteiger partial charge is 0.128 e. The van der Waals surface area contributed by atoms with Gasteiger partial charge in [0.05, 0.1) is 13.2 Å². The van der Waals surface area contributed by atoms with Gasteiger partial charge >= 0.3 is 0 Å². The van der Waals surface area contributed by atoms with Crippen molar-refractivity contribution < 1.29 is 9.13 Å². The topological polar surface area (TPSA) is 24.5 Å². The molecule has 1 atom stereocenters. The number of hydrogen-bond donors (Lipinski definition) is 1. The van der Waals surface area contributed by atoms with Gasteiger partial charge in [0.2, 0.25) is 0 Å². The van der Waals surface area contributed by atoms with Crippen molar-refractivity contribution in [2.45, 2.75) is 6.04 Å². The molecule has 1 heterocycles. The first-order chi connectivity index (χ1) is 8.76. The molecule has 0 unspecified atom stereocenters. The Morgan fingerprint density at radius 1 is 1.35 bits per heavy atom. The molecule has 0 aromatic heterocycles. The summed E-state index contributed by atoms with van der Waals surface area (Å²) in [5, 5.41) is 3.29. The van der Waals surface area contributed by atoms with Crippen molar-refractivity contribution >= 4 is 24.8 Å². The summed E-state index contributed by atoms with van der Waals surface area (Å²) in [6.07, 6.45) is 1.79. The first-order valence-electron chi connectivity index (χ1n) is 6.17. The van der Waals surface area contributed by atoms with Crippen LogP contribution in [0.1, 0.15) is 11.6 Å². The number of piperazine rings is 1. The molecule has 0 amide bonds. The number of methoxy groups -OCH3 is 1. The molecule has 1 aliphatic heterocycles. The Balaban J connectivity index is 0.00000180. The third-order valence-corrected chi connectivity index (χ3v) is 3.29. The normalized spacial score (nSPS) is 16.5. The lowest BCUT2D eigenvalue weighted by Crippen LogP contribution is -2.44. The molecule has 3 nitrogen and oxygen atoms in total. The zero-order chi connectivity index (χ0) is 13.0.